The van der Waals surface area contributed by atoms with Crippen LogP contribution in [0, 0.1) is 29.6 Å². The van der Waals surface area contributed by atoms with E-state index in [0.717, 1.165) is 19.1 Å². The van der Waals surface area contributed by atoms with Crippen molar-refractivity contribution >= 4 is 29.0 Å². The molecule has 6 unspecified atom stereocenters. The van der Waals surface area contributed by atoms with Gasteiger partial charge in [-0.25, -0.2) is 0 Å². The van der Waals surface area contributed by atoms with Crippen LogP contribution in [0.5, 0.6) is 5.75 Å². The molecule has 0 aromatic heterocycles. The van der Waals surface area contributed by atoms with Crippen molar-refractivity contribution in [2.45, 2.75) is 38.3 Å². The Morgan fingerprint density at radius 1 is 1.06 bits per heavy atom. The SMILES string of the molecule is CC(c1ccc(O)c2c1CC1CC3CC(=O)C(C(N)=O)C(=O)C3C(=O)C1C2=O)C(F)(F)F. The average Bonchev–Trinajstić information content (AvgIpc) is 2.65. The summed E-state index contributed by atoms with van der Waals surface area (Å²) in [6, 6.07) is 2.12. The molecule has 1 aromatic rings. The van der Waals surface area contributed by atoms with Crippen molar-refractivity contribution in [2.24, 2.45) is 35.3 Å². The number of amides is 1. The first-order valence-corrected chi connectivity index (χ1v) is 10.2. The van der Waals surface area contributed by atoms with E-state index in [1.807, 2.05) is 0 Å². The number of ketones is 4. The first-order chi connectivity index (χ1) is 14.8. The van der Waals surface area contributed by atoms with E-state index >= 15 is 0 Å². The Labute approximate surface area is 180 Å². The predicted molar refractivity (Wildman–Crippen MR) is 102 cm³/mol. The molecule has 1 aromatic carbocycles. The van der Waals surface area contributed by atoms with Gasteiger partial charge in [-0.2, -0.15) is 13.2 Å². The van der Waals surface area contributed by atoms with Crippen LogP contribution in [-0.2, 0) is 25.6 Å². The zero-order valence-electron chi connectivity index (χ0n) is 16.9. The molecular formula is C22H20F3NO6. The number of alkyl halides is 3. The molecule has 3 N–H and O–H groups in total. The number of aromatic hydroxyl groups is 1. The van der Waals surface area contributed by atoms with Gasteiger partial charge in [0.1, 0.15) is 5.75 Å². The summed E-state index contributed by atoms with van der Waals surface area (Å²) in [5.41, 5.74) is 4.70. The van der Waals surface area contributed by atoms with E-state index in [9.17, 15) is 42.3 Å². The number of hydrogen-bond donors (Lipinski definition) is 2. The Morgan fingerprint density at radius 2 is 1.69 bits per heavy atom. The van der Waals surface area contributed by atoms with Crippen LogP contribution in [0.1, 0.15) is 47.2 Å². The van der Waals surface area contributed by atoms with Crippen LogP contribution in [0.15, 0.2) is 12.1 Å². The molecule has 170 valence electrons. The quantitative estimate of drug-likeness (QED) is 0.660. The molecule has 6 atom stereocenters. The van der Waals surface area contributed by atoms with E-state index in [1.54, 1.807) is 0 Å². The number of phenols is 1. The molecule has 0 saturated heterocycles. The van der Waals surface area contributed by atoms with Crippen molar-refractivity contribution < 1.29 is 42.3 Å². The maximum Gasteiger partial charge on any atom is 0.395 e. The van der Waals surface area contributed by atoms with Gasteiger partial charge in [-0.15, -0.1) is 0 Å². The number of carbonyl (C=O) groups excluding carboxylic acids is 5. The molecule has 0 aliphatic heterocycles. The summed E-state index contributed by atoms with van der Waals surface area (Å²) in [5.74, 6) is -12.7. The van der Waals surface area contributed by atoms with Crippen molar-refractivity contribution in [3.63, 3.8) is 0 Å². The second-order valence-corrected chi connectivity index (χ2v) is 8.88. The lowest BCUT2D eigenvalue weighted by Crippen LogP contribution is -2.56. The molecule has 3 aliphatic carbocycles. The molecule has 7 nitrogen and oxygen atoms in total. The summed E-state index contributed by atoms with van der Waals surface area (Å²) < 4.78 is 40.2. The maximum atomic E-state index is 13.4. The lowest BCUT2D eigenvalue weighted by Gasteiger charge is -2.44. The Bertz CT molecular complexity index is 1080. The largest absolute Gasteiger partial charge is 0.507 e. The van der Waals surface area contributed by atoms with Gasteiger partial charge in [0.15, 0.2) is 29.1 Å². The van der Waals surface area contributed by atoms with Crippen molar-refractivity contribution in [1.29, 1.82) is 0 Å². The first kappa shape index (κ1) is 22.2. The van der Waals surface area contributed by atoms with E-state index in [4.69, 9.17) is 5.73 Å². The van der Waals surface area contributed by atoms with Gasteiger partial charge in [-0.05, 0) is 48.8 Å². The molecule has 2 fully saturated rings. The fourth-order valence-electron chi connectivity index (χ4n) is 5.60. The second-order valence-electron chi connectivity index (χ2n) is 8.88. The summed E-state index contributed by atoms with van der Waals surface area (Å²) in [5, 5.41) is 10.3. The topological polar surface area (TPSA) is 132 Å². The maximum absolute atomic E-state index is 13.4. The van der Waals surface area contributed by atoms with Crippen molar-refractivity contribution in [1.82, 2.24) is 0 Å². The van der Waals surface area contributed by atoms with E-state index in [1.165, 1.54) is 0 Å². The molecule has 3 aliphatic rings. The van der Waals surface area contributed by atoms with Crippen molar-refractivity contribution in [3.8, 4) is 5.75 Å². The third-order valence-electron chi connectivity index (χ3n) is 7.10. The Kier molecular flexibility index (Phi) is 5.02. The van der Waals surface area contributed by atoms with Gasteiger partial charge in [0.25, 0.3) is 0 Å². The number of hydrogen-bond acceptors (Lipinski definition) is 6. The van der Waals surface area contributed by atoms with Gasteiger partial charge >= 0.3 is 6.18 Å². The van der Waals surface area contributed by atoms with Gasteiger partial charge in [0.2, 0.25) is 5.91 Å². The molecule has 10 heteroatoms. The number of benzene rings is 1. The summed E-state index contributed by atoms with van der Waals surface area (Å²) in [4.78, 5) is 63.0. The Morgan fingerprint density at radius 3 is 2.28 bits per heavy atom. The minimum absolute atomic E-state index is 0.0378. The lowest BCUT2D eigenvalue weighted by atomic mass is 9.55. The van der Waals surface area contributed by atoms with Gasteiger partial charge in [0, 0.05) is 6.42 Å². The second kappa shape index (κ2) is 7.25. The molecule has 0 radical (unpaired) electrons. The molecule has 0 bridgehead atoms. The Balaban J connectivity index is 1.78. The number of rotatable bonds is 2. The summed E-state index contributed by atoms with van der Waals surface area (Å²) in [6.45, 7) is 0.952. The van der Waals surface area contributed by atoms with Gasteiger partial charge in [-0.1, -0.05) is 6.07 Å². The van der Waals surface area contributed by atoms with Gasteiger partial charge < -0.3 is 10.8 Å². The molecule has 0 heterocycles. The van der Waals surface area contributed by atoms with Crippen LogP contribution < -0.4 is 5.73 Å². The molecule has 4 rings (SSSR count). The van der Waals surface area contributed by atoms with Crippen LogP contribution in [-0.4, -0.2) is 40.3 Å². The van der Waals surface area contributed by atoms with E-state index < -0.39 is 76.5 Å². The normalized spacial score (nSPS) is 30.9. The minimum Gasteiger partial charge on any atom is -0.507 e. The molecule has 2 saturated carbocycles. The van der Waals surface area contributed by atoms with Crippen LogP contribution in [0.3, 0.4) is 0 Å². The Hall–Kier alpha value is -3.04. The third kappa shape index (κ3) is 3.15. The van der Waals surface area contributed by atoms with Gasteiger partial charge in [0.05, 0.1) is 23.3 Å². The highest BCUT2D eigenvalue weighted by Gasteiger charge is 2.57. The number of fused-ring (bicyclic) bond motifs is 3. The van der Waals surface area contributed by atoms with Gasteiger partial charge in [-0.3, -0.25) is 24.0 Å². The monoisotopic (exact) mass is 451 g/mol. The van der Waals surface area contributed by atoms with E-state index in [0.29, 0.717) is 0 Å². The molecular weight excluding hydrogens is 431 g/mol. The third-order valence-corrected chi connectivity index (χ3v) is 7.10. The smallest absolute Gasteiger partial charge is 0.395 e. The number of halogens is 3. The molecule has 1 amide bonds. The van der Waals surface area contributed by atoms with Crippen molar-refractivity contribution in [3.05, 3.63) is 28.8 Å². The van der Waals surface area contributed by atoms with Crippen molar-refractivity contribution in [2.75, 3.05) is 0 Å². The fraction of sp³-hybridized carbons (Fsp3) is 0.500. The predicted octanol–water partition coefficient (Wildman–Crippen LogP) is 1.88. The first-order valence-electron chi connectivity index (χ1n) is 10.2. The highest BCUT2D eigenvalue weighted by molar-refractivity contribution is 6.27. The van der Waals surface area contributed by atoms with E-state index in [2.05, 4.69) is 0 Å². The molecule has 32 heavy (non-hydrogen) atoms. The van der Waals surface area contributed by atoms with Crippen LogP contribution >= 0.6 is 0 Å². The minimum atomic E-state index is -4.58. The fourth-order valence-corrected chi connectivity index (χ4v) is 5.60. The number of primary amides is 1. The number of nitrogens with two attached hydrogens (primary N) is 1. The zero-order valence-corrected chi connectivity index (χ0v) is 16.9. The lowest BCUT2D eigenvalue weighted by molar-refractivity contribution is -0.153. The number of phenolic OH excluding ortho intramolecular Hbond substituents is 1. The van der Waals surface area contributed by atoms with E-state index in [-0.39, 0.29) is 36.0 Å². The zero-order chi connectivity index (χ0) is 23.7. The van der Waals surface area contributed by atoms with Crippen LogP contribution in [0.25, 0.3) is 0 Å². The summed E-state index contributed by atoms with van der Waals surface area (Å²) in [7, 11) is 0. The standard InChI is InChI=1S/C22H20F3NO6/c1-7(22(23,24)25)10-2-3-12(27)16-11(10)5-8-4-9-6-13(28)17(21(26)32)20(31)15(9)18(29)14(8)19(16)30/h2-3,7-9,14-15,17,27H,4-6H2,1H3,(H2,26,32). The van der Waals surface area contributed by atoms with Crippen LogP contribution in [0.2, 0.25) is 0 Å². The summed E-state index contributed by atoms with van der Waals surface area (Å²) >= 11 is 0. The van der Waals surface area contributed by atoms with Crippen LogP contribution in [0.4, 0.5) is 13.2 Å². The number of Topliss-reactive ketones (excluding diaryl/α,β-unsaturated/α-hetero) is 4. The summed E-state index contributed by atoms with van der Waals surface area (Å²) in [6.07, 6.45) is -4.81. The highest BCUT2D eigenvalue weighted by atomic mass is 19.4. The number of carbonyl (C=O) groups is 5. The average molecular weight is 451 g/mol. The highest BCUT2D eigenvalue weighted by Crippen LogP contribution is 2.50. The molecule has 0 spiro atoms.